The molecule has 0 amide bonds. The lowest BCUT2D eigenvalue weighted by Gasteiger charge is -2.14. The lowest BCUT2D eigenvalue weighted by molar-refractivity contribution is -0.274. The van der Waals surface area contributed by atoms with Crippen molar-refractivity contribution in [1.29, 1.82) is 0 Å². The zero-order valence-electron chi connectivity index (χ0n) is 11.4. The van der Waals surface area contributed by atoms with Crippen molar-refractivity contribution in [2.45, 2.75) is 25.8 Å². The molecular weight excluding hydrogens is 281 g/mol. The monoisotopic (exact) mass is 296 g/mol. The number of aliphatic hydroxyl groups excluding tert-OH is 1. The Bertz CT molecular complexity index is 591. The Kier molecular flexibility index (Phi) is 4.53. The van der Waals surface area contributed by atoms with Crippen LogP contribution in [-0.2, 0) is 6.42 Å². The Morgan fingerprint density at radius 1 is 1.05 bits per heavy atom. The zero-order valence-corrected chi connectivity index (χ0v) is 11.4. The van der Waals surface area contributed by atoms with Crippen molar-refractivity contribution in [1.82, 2.24) is 0 Å². The molecule has 5 heteroatoms. The highest BCUT2D eigenvalue weighted by Gasteiger charge is 2.31. The van der Waals surface area contributed by atoms with Crippen molar-refractivity contribution >= 4 is 0 Å². The SMILES string of the molecule is CCc1cccc(C(O)c2ccc(OC(F)(F)F)cc2)c1. The van der Waals surface area contributed by atoms with Gasteiger partial charge in [0.2, 0.25) is 0 Å². The lowest BCUT2D eigenvalue weighted by Crippen LogP contribution is -2.17. The molecule has 0 aliphatic rings. The number of halogens is 3. The zero-order chi connectivity index (χ0) is 15.5. The van der Waals surface area contributed by atoms with E-state index in [2.05, 4.69) is 4.74 Å². The van der Waals surface area contributed by atoms with E-state index in [0.717, 1.165) is 12.0 Å². The number of hydrogen-bond donors (Lipinski definition) is 1. The van der Waals surface area contributed by atoms with Gasteiger partial charge in [0.05, 0.1) is 0 Å². The average molecular weight is 296 g/mol. The van der Waals surface area contributed by atoms with Gasteiger partial charge in [0, 0.05) is 0 Å². The highest BCUT2D eigenvalue weighted by Crippen LogP contribution is 2.27. The second-order valence-corrected chi connectivity index (χ2v) is 4.62. The van der Waals surface area contributed by atoms with Gasteiger partial charge in [-0.2, -0.15) is 0 Å². The summed E-state index contributed by atoms with van der Waals surface area (Å²) >= 11 is 0. The minimum Gasteiger partial charge on any atom is -0.406 e. The Balaban J connectivity index is 2.17. The van der Waals surface area contributed by atoms with Crippen molar-refractivity contribution < 1.29 is 23.0 Å². The van der Waals surface area contributed by atoms with Gasteiger partial charge in [-0.25, -0.2) is 0 Å². The molecule has 0 spiro atoms. The second kappa shape index (κ2) is 6.18. The molecule has 2 aromatic rings. The number of hydrogen-bond acceptors (Lipinski definition) is 2. The summed E-state index contributed by atoms with van der Waals surface area (Å²) in [7, 11) is 0. The fraction of sp³-hybridized carbons (Fsp3) is 0.250. The molecule has 2 rings (SSSR count). The molecule has 0 fully saturated rings. The van der Waals surface area contributed by atoms with Crippen LogP contribution in [0.15, 0.2) is 48.5 Å². The molecule has 0 radical (unpaired) electrons. The van der Waals surface area contributed by atoms with Crippen LogP contribution in [-0.4, -0.2) is 11.5 Å². The molecule has 0 heterocycles. The van der Waals surface area contributed by atoms with Crippen LogP contribution in [0.4, 0.5) is 13.2 Å². The first-order valence-electron chi connectivity index (χ1n) is 6.51. The Hall–Kier alpha value is -2.01. The molecule has 0 aliphatic carbocycles. The molecule has 2 nitrogen and oxygen atoms in total. The first kappa shape index (κ1) is 15.4. The van der Waals surface area contributed by atoms with Crippen LogP contribution < -0.4 is 4.74 Å². The van der Waals surface area contributed by atoms with Crippen LogP contribution >= 0.6 is 0 Å². The predicted molar refractivity (Wildman–Crippen MR) is 73.0 cm³/mol. The third-order valence-electron chi connectivity index (χ3n) is 3.10. The smallest absolute Gasteiger partial charge is 0.406 e. The Morgan fingerprint density at radius 3 is 2.29 bits per heavy atom. The number of aliphatic hydroxyl groups is 1. The summed E-state index contributed by atoms with van der Waals surface area (Å²) in [5.74, 6) is -0.305. The molecular formula is C16H15F3O2. The van der Waals surface area contributed by atoms with E-state index in [1.807, 2.05) is 25.1 Å². The molecule has 1 N–H and O–H groups in total. The van der Waals surface area contributed by atoms with Crippen LogP contribution in [0.3, 0.4) is 0 Å². The first-order chi connectivity index (χ1) is 9.89. The molecule has 0 aliphatic heterocycles. The van der Waals surface area contributed by atoms with E-state index < -0.39 is 12.5 Å². The molecule has 21 heavy (non-hydrogen) atoms. The van der Waals surface area contributed by atoms with E-state index in [1.54, 1.807) is 6.07 Å². The van der Waals surface area contributed by atoms with Gasteiger partial charge in [-0.15, -0.1) is 13.2 Å². The number of alkyl halides is 3. The van der Waals surface area contributed by atoms with Crippen molar-refractivity contribution in [3.63, 3.8) is 0 Å². The van der Waals surface area contributed by atoms with Crippen LogP contribution in [0.1, 0.15) is 29.7 Å². The third kappa shape index (κ3) is 4.23. The molecule has 0 saturated heterocycles. The minimum atomic E-state index is -4.71. The normalized spacial score (nSPS) is 13.0. The topological polar surface area (TPSA) is 29.5 Å². The number of ether oxygens (including phenoxy) is 1. The quantitative estimate of drug-likeness (QED) is 0.915. The predicted octanol–water partition coefficient (Wildman–Crippen LogP) is 4.23. The number of aryl methyl sites for hydroxylation is 1. The summed E-state index contributed by atoms with van der Waals surface area (Å²) in [6.07, 6.45) is -4.74. The summed E-state index contributed by atoms with van der Waals surface area (Å²) in [4.78, 5) is 0. The Morgan fingerprint density at radius 2 is 1.71 bits per heavy atom. The molecule has 0 aromatic heterocycles. The van der Waals surface area contributed by atoms with Crippen molar-refractivity contribution in [2.24, 2.45) is 0 Å². The second-order valence-electron chi connectivity index (χ2n) is 4.62. The van der Waals surface area contributed by atoms with E-state index in [4.69, 9.17) is 0 Å². The van der Waals surface area contributed by atoms with Gasteiger partial charge in [0.15, 0.2) is 0 Å². The van der Waals surface area contributed by atoms with Crippen molar-refractivity contribution in [3.8, 4) is 5.75 Å². The van der Waals surface area contributed by atoms with Crippen LogP contribution in [0.25, 0.3) is 0 Å². The average Bonchev–Trinajstić information content (AvgIpc) is 2.46. The minimum absolute atomic E-state index is 0.305. The van der Waals surface area contributed by atoms with Crippen molar-refractivity contribution in [3.05, 3.63) is 65.2 Å². The maximum Gasteiger partial charge on any atom is 0.573 e. The summed E-state index contributed by atoms with van der Waals surface area (Å²) in [6.45, 7) is 2.01. The fourth-order valence-corrected chi connectivity index (χ4v) is 2.03. The standard InChI is InChI=1S/C16H15F3O2/c1-2-11-4-3-5-13(10-11)15(20)12-6-8-14(9-7-12)21-16(17,18)19/h3-10,15,20H,2H2,1H3. The maximum atomic E-state index is 12.1. The lowest BCUT2D eigenvalue weighted by atomic mass is 9.99. The van der Waals surface area contributed by atoms with Gasteiger partial charge in [0.25, 0.3) is 0 Å². The number of benzene rings is 2. The van der Waals surface area contributed by atoms with Gasteiger partial charge >= 0.3 is 6.36 Å². The van der Waals surface area contributed by atoms with Gasteiger partial charge in [0.1, 0.15) is 11.9 Å². The van der Waals surface area contributed by atoms with Crippen LogP contribution in [0.5, 0.6) is 5.75 Å². The van der Waals surface area contributed by atoms with E-state index in [0.29, 0.717) is 11.1 Å². The fourth-order valence-electron chi connectivity index (χ4n) is 2.03. The van der Waals surface area contributed by atoms with E-state index in [1.165, 1.54) is 24.3 Å². The number of rotatable bonds is 4. The molecule has 1 atom stereocenters. The highest BCUT2D eigenvalue weighted by molar-refractivity contribution is 5.35. The summed E-state index contributed by atoms with van der Waals surface area (Å²) in [5, 5.41) is 10.3. The molecule has 0 bridgehead atoms. The highest BCUT2D eigenvalue weighted by atomic mass is 19.4. The van der Waals surface area contributed by atoms with Gasteiger partial charge < -0.3 is 9.84 Å². The Labute approximate surface area is 120 Å². The summed E-state index contributed by atoms with van der Waals surface area (Å²) in [6, 6.07) is 12.7. The van der Waals surface area contributed by atoms with Crippen LogP contribution in [0.2, 0.25) is 0 Å². The van der Waals surface area contributed by atoms with E-state index in [9.17, 15) is 18.3 Å². The molecule has 0 saturated carbocycles. The summed E-state index contributed by atoms with van der Waals surface area (Å²) in [5.41, 5.74) is 2.31. The van der Waals surface area contributed by atoms with E-state index >= 15 is 0 Å². The molecule has 1 unspecified atom stereocenters. The first-order valence-corrected chi connectivity index (χ1v) is 6.51. The largest absolute Gasteiger partial charge is 0.573 e. The van der Waals surface area contributed by atoms with Gasteiger partial charge in [-0.3, -0.25) is 0 Å². The third-order valence-corrected chi connectivity index (χ3v) is 3.10. The van der Waals surface area contributed by atoms with Crippen molar-refractivity contribution in [2.75, 3.05) is 0 Å². The maximum absolute atomic E-state index is 12.1. The van der Waals surface area contributed by atoms with Crippen LogP contribution in [0, 0.1) is 0 Å². The van der Waals surface area contributed by atoms with E-state index in [-0.39, 0.29) is 5.75 Å². The van der Waals surface area contributed by atoms with Gasteiger partial charge in [-0.1, -0.05) is 43.3 Å². The summed E-state index contributed by atoms with van der Waals surface area (Å²) < 4.78 is 40.0. The van der Waals surface area contributed by atoms with Gasteiger partial charge in [-0.05, 0) is 35.2 Å². The molecule has 112 valence electrons. The molecule has 2 aromatic carbocycles.